The van der Waals surface area contributed by atoms with Gasteiger partial charge in [0.2, 0.25) is 0 Å². The number of fused-ring (bicyclic) bond motifs is 1. The van der Waals surface area contributed by atoms with Gasteiger partial charge < -0.3 is 15.8 Å². The summed E-state index contributed by atoms with van der Waals surface area (Å²) in [4.78, 5) is 12.2. The van der Waals surface area contributed by atoms with Gasteiger partial charge >= 0.3 is 0 Å². The maximum absolute atomic E-state index is 12.2. The smallest absolute Gasteiger partial charge is 0.273 e. The fraction of sp³-hybridized carbons (Fsp3) is 0.211. The second-order valence-corrected chi connectivity index (χ2v) is 5.65. The van der Waals surface area contributed by atoms with Gasteiger partial charge in [0.15, 0.2) is 5.69 Å². The lowest BCUT2D eigenvalue weighted by Gasteiger charge is -2.11. The van der Waals surface area contributed by atoms with Crippen LogP contribution in [0.4, 0.5) is 5.69 Å². The second kappa shape index (κ2) is 7.17. The van der Waals surface area contributed by atoms with Crippen LogP contribution in [-0.2, 0) is 0 Å². The average molecular weight is 336 g/mol. The van der Waals surface area contributed by atoms with Crippen LogP contribution in [0.25, 0.3) is 22.0 Å². The number of benzene rings is 2. The number of nitrogens with one attached hydrogen (secondary N) is 1. The highest BCUT2D eigenvalue weighted by Crippen LogP contribution is 2.32. The Morgan fingerprint density at radius 1 is 1.20 bits per heavy atom. The second-order valence-electron chi connectivity index (χ2n) is 5.65. The van der Waals surface area contributed by atoms with Crippen molar-refractivity contribution in [1.29, 1.82) is 0 Å². The number of methoxy groups -OCH3 is 1. The number of anilines is 1. The molecular formula is C19H20N4O2. The summed E-state index contributed by atoms with van der Waals surface area (Å²) in [6.45, 7) is 2.55. The average Bonchev–Trinajstić information content (AvgIpc) is 2.66. The number of carbonyl (C=O) groups excluding carboxylic acids is 1. The first-order valence-corrected chi connectivity index (χ1v) is 8.13. The van der Waals surface area contributed by atoms with Crippen LogP contribution >= 0.6 is 0 Å². The summed E-state index contributed by atoms with van der Waals surface area (Å²) in [5.74, 6) is 0.450. The number of nitrogens with two attached hydrogens (primary N) is 1. The topological polar surface area (TPSA) is 90.1 Å². The summed E-state index contributed by atoms with van der Waals surface area (Å²) in [5.41, 5.74) is 9.18. The van der Waals surface area contributed by atoms with Crippen LogP contribution in [0.2, 0.25) is 0 Å². The molecule has 1 heterocycles. The number of hydrogen-bond donors (Lipinski definition) is 2. The van der Waals surface area contributed by atoms with Crippen molar-refractivity contribution in [3.63, 3.8) is 0 Å². The molecule has 0 bridgehead atoms. The maximum atomic E-state index is 12.2. The number of nitrogens with zero attached hydrogens (tertiary/aromatic N) is 2. The molecule has 0 saturated carbocycles. The van der Waals surface area contributed by atoms with E-state index in [0.717, 1.165) is 23.3 Å². The van der Waals surface area contributed by atoms with Crippen LogP contribution < -0.4 is 15.8 Å². The molecule has 2 aromatic carbocycles. The van der Waals surface area contributed by atoms with Crippen LogP contribution in [0.5, 0.6) is 5.75 Å². The van der Waals surface area contributed by atoms with Crippen molar-refractivity contribution in [2.45, 2.75) is 13.3 Å². The number of nitrogen functional groups attached to an aromatic ring is 1. The molecule has 3 N–H and O–H groups in total. The molecule has 0 radical (unpaired) electrons. The van der Waals surface area contributed by atoms with Crippen molar-refractivity contribution in [2.24, 2.45) is 0 Å². The highest BCUT2D eigenvalue weighted by molar-refractivity contribution is 6.07. The molecule has 128 valence electrons. The molecule has 1 amide bonds. The molecule has 3 rings (SSSR count). The van der Waals surface area contributed by atoms with E-state index in [-0.39, 0.29) is 11.6 Å². The van der Waals surface area contributed by atoms with Crippen LogP contribution in [0.15, 0.2) is 42.5 Å². The summed E-state index contributed by atoms with van der Waals surface area (Å²) >= 11 is 0. The predicted octanol–water partition coefficient (Wildman–Crippen LogP) is 3.03. The third-order valence-corrected chi connectivity index (χ3v) is 3.96. The minimum Gasteiger partial charge on any atom is -0.497 e. The van der Waals surface area contributed by atoms with E-state index in [4.69, 9.17) is 10.5 Å². The Balaban J connectivity index is 2.11. The van der Waals surface area contributed by atoms with Crippen molar-refractivity contribution in [3.8, 4) is 16.9 Å². The van der Waals surface area contributed by atoms with Crippen LogP contribution in [-0.4, -0.2) is 29.8 Å². The number of hydrogen-bond acceptors (Lipinski definition) is 5. The Morgan fingerprint density at radius 3 is 2.76 bits per heavy atom. The van der Waals surface area contributed by atoms with Gasteiger partial charge in [0, 0.05) is 17.5 Å². The van der Waals surface area contributed by atoms with E-state index in [1.165, 1.54) is 0 Å². The van der Waals surface area contributed by atoms with Crippen molar-refractivity contribution in [1.82, 2.24) is 15.5 Å². The van der Waals surface area contributed by atoms with Crippen molar-refractivity contribution < 1.29 is 9.53 Å². The molecule has 0 aliphatic rings. The van der Waals surface area contributed by atoms with Crippen molar-refractivity contribution >= 4 is 22.5 Å². The molecule has 0 fully saturated rings. The van der Waals surface area contributed by atoms with Gasteiger partial charge in [0.25, 0.3) is 5.91 Å². The summed E-state index contributed by atoms with van der Waals surface area (Å²) in [6.07, 6.45) is 0.840. The fourth-order valence-corrected chi connectivity index (χ4v) is 2.66. The zero-order chi connectivity index (χ0) is 17.8. The molecule has 0 aliphatic carbocycles. The monoisotopic (exact) mass is 336 g/mol. The Kier molecular flexibility index (Phi) is 4.79. The number of carbonyl (C=O) groups is 1. The normalized spacial score (nSPS) is 10.6. The van der Waals surface area contributed by atoms with E-state index in [2.05, 4.69) is 15.5 Å². The van der Waals surface area contributed by atoms with Gasteiger partial charge in [0.1, 0.15) is 11.3 Å². The molecule has 1 aromatic heterocycles. The lowest BCUT2D eigenvalue weighted by molar-refractivity contribution is 0.0949. The number of rotatable bonds is 5. The zero-order valence-corrected chi connectivity index (χ0v) is 14.2. The van der Waals surface area contributed by atoms with Gasteiger partial charge in [-0.05, 0) is 24.1 Å². The molecule has 0 spiro atoms. The SMILES string of the molecule is CCCNC(=O)c1nnc2c(-c3cccc(OC)c3)cccc2c1N. The Morgan fingerprint density at radius 2 is 2.00 bits per heavy atom. The quantitative estimate of drug-likeness (QED) is 0.747. The summed E-state index contributed by atoms with van der Waals surface area (Å²) in [6, 6.07) is 13.4. The van der Waals surface area contributed by atoms with Gasteiger partial charge in [-0.1, -0.05) is 37.3 Å². The zero-order valence-electron chi connectivity index (χ0n) is 14.2. The van der Waals surface area contributed by atoms with E-state index in [1.807, 2.05) is 49.4 Å². The Hall–Kier alpha value is -3.15. The molecule has 0 aliphatic heterocycles. The molecule has 0 unspecified atom stereocenters. The van der Waals surface area contributed by atoms with Gasteiger partial charge in [-0.3, -0.25) is 4.79 Å². The minimum absolute atomic E-state index is 0.156. The maximum Gasteiger partial charge on any atom is 0.273 e. The minimum atomic E-state index is -0.305. The predicted molar refractivity (Wildman–Crippen MR) is 98.6 cm³/mol. The molecule has 3 aromatic rings. The van der Waals surface area contributed by atoms with E-state index < -0.39 is 0 Å². The van der Waals surface area contributed by atoms with E-state index in [0.29, 0.717) is 23.1 Å². The fourth-order valence-electron chi connectivity index (χ4n) is 2.66. The number of amides is 1. The lowest BCUT2D eigenvalue weighted by atomic mass is 10.0. The molecule has 0 saturated heterocycles. The van der Waals surface area contributed by atoms with E-state index >= 15 is 0 Å². The third-order valence-electron chi connectivity index (χ3n) is 3.96. The number of aromatic nitrogens is 2. The van der Waals surface area contributed by atoms with Gasteiger partial charge in [-0.25, -0.2) is 0 Å². The van der Waals surface area contributed by atoms with Crippen LogP contribution in [0, 0.1) is 0 Å². The first kappa shape index (κ1) is 16.7. The molecule has 6 heteroatoms. The third kappa shape index (κ3) is 3.24. The van der Waals surface area contributed by atoms with Gasteiger partial charge in [-0.15, -0.1) is 10.2 Å². The molecule has 0 atom stereocenters. The van der Waals surface area contributed by atoms with Crippen molar-refractivity contribution in [3.05, 3.63) is 48.2 Å². The highest BCUT2D eigenvalue weighted by atomic mass is 16.5. The Bertz CT molecular complexity index is 924. The first-order chi connectivity index (χ1) is 12.2. The highest BCUT2D eigenvalue weighted by Gasteiger charge is 2.17. The first-order valence-electron chi connectivity index (χ1n) is 8.13. The number of ether oxygens (including phenoxy) is 1. The summed E-state index contributed by atoms with van der Waals surface area (Å²) in [7, 11) is 1.63. The Labute approximate surface area is 146 Å². The van der Waals surface area contributed by atoms with Crippen molar-refractivity contribution in [2.75, 3.05) is 19.4 Å². The summed E-state index contributed by atoms with van der Waals surface area (Å²) < 4.78 is 5.29. The van der Waals surface area contributed by atoms with E-state index in [1.54, 1.807) is 7.11 Å². The standard InChI is InChI=1S/C19H20N4O2/c1-3-10-21-19(24)18-16(20)15-9-5-8-14(17(15)22-23-18)12-6-4-7-13(11-12)25-2/h4-9,11H,3,10H2,1-2H3,(H2,20,22)(H,21,24). The van der Waals surface area contributed by atoms with E-state index in [9.17, 15) is 4.79 Å². The van der Waals surface area contributed by atoms with Gasteiger partial charge in [0.05, 0.1) is 12.8 Å². The largest absolute Gasteiger partial charge is 0.497 e. The lowest BCUT2D eigenvalue weighted by Crippen LogP contribution is -2.26. The molecule has 25 heavy (non-hydrogen) atoms. The molecular weight excluding hydrogens is 316 g/mol. The summed E-state index contributed by atoms with van der Waals surface area (Å²) in [5, 5.41) is 11.8. The van der Waals surface area contributed by atoms with Crippen LogP contribution in [0.1, 0.15) is 23.8 Å². The van der Waals surface area contributed by atoms with Gasteiger partial charge in [-0.2, -0.15) is 0 Å². The molecule has 6 nitrogen and oxygen atoms in total. The van der Waals surface area contributed by atoms with Crippen LogP contribution in [0.3, 0.4) is 0 Å².